The largest absolute Gasteiger partial charge is 0.307 e. The summed E-state index contributed by atoms with van der Waals surface area (Å²) in [6, 6.07) is 7.76. The fourth-order valence-corrected chi connectivity index (χ4v) is 1.65. The van der Waals surface area contributed by atoms with E-state index in [0.29, 0.717) is 10.6 Å². The van der Waals surface area contributed by atoms with Crippen LogP contribution in [0.1, 0.15) is 15.9 Å². The predicted molar refractivity (Wildman–Crippen MR) is 68.3 cm³/mol. The van der Waals surface area contributed by atoms with E-state index in [9.17, 15) is 9.18 Å². The molecule has 5 heteroatoms. The number of halogens is 2. The summed E-state index contributed by atoms with van der Waals surface area (Å²) in [6.45, 7) is 1.86. The minimum Gasteiger partial charge on any atom is -0.307 e. The molecule has 2 rings (SSSR count). The highest BCUT2D eigenvalue weighted by atomic mass is 35.5. The van der Waals surface area contributed by atoms with E-state index in [1.165, 1.54) is 12.1 Å². The summed E-state index contributed by atoms with van der Waals surface area (Å²) >= 11 is 5.94. The number of aromatic nitrogens is 1. The minimum absolute atomic E-state index is 0.277. The van der Waals surface area contributed by atoms with E-state index in [2.05, 4.69) is 10.3 Å². The van der Waals surface area contributed by atoms with Crippen molar-refractivity contribution in [2.75, 3.05) is 5.32 Å². The highest BCUT2D eigenvalue weighted by molar-refractivity contribution is 6.34. The summed E-state index contributed by atoms with van der Waals surface area (Å²) in [7, 11) is 0. The second kappa shape index (κ2) is 5.14. The van der Waals surface area contributed by atoms with Crippen LogP contribution >= 0.6 is 11.6 Å². The molecule has 0 aliphatic carbocycles. The van der Waals surface area contributed by atoms with E-state index < -0.39 is 5.82 Å². The molecule has 0 unspecified atom stereocenters. The highest BCUT2D eigenvalue weighted by Crippen LogP contribution is 2.18. The van der Waals surface area contributed by atoms with Crippen LogP contribution in [0.25, 0.3) is 0 Å². The summed E-state index contributed by atoms with van der Waals surface area (Å²) in [5, 5.41) is 2.91. The Hall–Kier alpha value is -1.94. The average molecular weight is 265 g/mol. The quantitative estimate of drug-likeness (QED) is 0.903. The topological polar surface area (TPSA) is 42.0 Å². The molecule has 0 saturated heterocycles. The molecule has 0 spiro atoms. The van der Waals surface area contributed by atoms with Gasteiger partial charge in [0.1, 0.15) is 11.6 Å². The van der Waals surface area contributed by atoms with E-state index >= 15 is 0 Å². The Morgan fingerprint density at radius 1 is 1.33 bits per heavy atom. The molecule has 0 fully saturated rings. The normalized spacial score (nSPS) is 10.2. The molecule has 18 heavy (non-hydrogen) atoms. The first-order valence-corrected chi connectivity index (χ1v) is 5.63. The Morgan fingerprint density at radius 3 is 2.78 bits per heavy atom. The third-order valence-corrected chi connectivity index (χ3v) is 2.67. The molecular weight excluding hydrogens is 255 g/mol. The Kier molecular flexibility index (Phi) is 3.58. The molecule has 1 N–H and O–H groups in total. The number of hydrogen-bond donors (Lipinski definition) is 1. The van der Waals surface area contributed by atoms with Crippen molar-refractivity contribution < 1.29 is 9.18 Å². The minimum atomic E-state index is -0.457. The molecule has 92 valence electrons. The number of benzene rings is 1. The van der Waals surface area contributed by atoms with Crippen molar-refractivity contribution in [1.29, 1.82) is 0 Å². The van der Waals surface area contributed by atoms with Gasteiger partial charge in [0.15, 0.2) is 0 Å². The second-order valence-corrected chi connectivity index (χ2v) is 4.21. The number of hydrogen-bond acceptors (Lipinski definition) is 2. The van der Waals surface area contributed by atoms with E-state index in [0.717, 1.165) is 11.8 Å². The maximum atomic E-state index is 12.7. The van der Waals surface area contributed by atoms with Crippen LogP contribution in [-0.2, 0) is 0 Å². The summed E-state index contributed by atoms with van der Waals surface area (Å²) in [5.41, 5.74) is 1.29. The van der Waals surface area contributed by atoms with Gasteiger partial charge in [-0.05, 0) is 31.2 Å². The first kappa shape index (κ1) is 12.5. The lowest BCUT2D eigenvalue weighted by atomic mass is 10.1. The zero-order valence-electron chi connectivity index (χ0n) is 9.58. The Morgan fingerprint density at radius 2 is 2.11 bits per heavy atom. The Bertz CT molecular complexity index is 584. The van der Waals surface area contributed by atoms with Gasteiger partial charge < -0.3 is 5.32 Å². The summed E-state index contributed by atoms with van der Waals surface area (Å²) in [4.78, 5) is 15.7. The average Bonchev–Trinajstić information content (AvgIpc) is 2.35. The fraction of sp³-hybridized carbons (Fsp3) is 0.0769. The second-order valence-electron chi connectivity index (χ2n) is 3.80. The van der Waals surface area contributed by atoms with Crippen LogP contribution in [0.2, 0.25) is 5.02 Å². The predicted octanol–water partition coefficient (Wildman–Crippen LogP) is 3.43. The number of anilines is 1. The monoisotopic (exact) mass is 264 g/mol. The molecule has 2 aromatic rings. The van der Waals surface area contributed by atoms with E-state index in [-0.39, 0.29) is 11.7 Å². The third kappa shape index (κ3) is 2.84. The Balaban J connectivity index is 2.21. The van der Waals surface area contributed by atoms with Crippen LogP contribution in [0.5, 0.6) is 0 Å². The van der Waals surface area contributed by atoms with Gasteiger partial charge in [-0.25, -0.2) is 9.37 Å². The van der Waals surface area contributed by atoms with Gasteiger partial charge in [-0.1, -0.05) is 23.2 Å². The summed E-state index contributed by atoms with van der Waals surface area (Å²) in [6.07, 6.45) is 1.04. The van der Waals surface area contributed by atoms with Crippen molar-refractivity contribution in [3.63, 3.8) is 0 Å². The van der Waals surface area contributed by atoms with Crippen molar-refractivity contribution in [2.45, 2.75) is 6.92 Å². The number of pyridine rings is 1. The molecule has 1 aromatic carbocycles. The van der Waals surface area contributed by atoms with Gasteiger partial charge in [-0.3, -0.25) is 4.79 Å². The first-order chi connectivity index (χ1) is 8.56. The van der Waals surface area contributed by atoms with E-state index in [4.69, 9.17) is 11.6 Å². The molecule has 1 aromatic heterocycles. The lowest BCUT2D eigenvalue weighted by molar-refractivity contribution is 0.102. The van der Waals surface area contributed by atoms with Gasteiger partial charge in [0, 0.05) is 0 Å². The highest BCUT2D eigenvalue weighted by Gasteiger charge is 2.11. The van der Waals surface area contributed by atoms with Gasteiger partial charge >= 0.3 is 0 Å². The zero-order valence-corrected chi connectivity index (χ0v) is 10.3. The molecule has 0 atom stereocenters. The molecule has 0 saturated carbocycles. The number of carbonyl (C=O) groups is 1. The maximum Gasteiger partial charge on any atom is 0.258 e. The molecule has 0 aliphatic heterocycles. The van der Waals surface area contributed by atoms with Gasteiger partial charge in [0.25, 0.3) is 5.91 Å². The Labute approximate surface area is 109 Å². The molecule has 0 radical (unpaired) electrons. The number of amides is 1. The lowest BCUT2D eigenvalue weighted by Gasteiger charge is -2.06. The van der Waals surface area contributed by atoms with Gasteiger partial charge in [-0.2, -0.15) is 0 Å². The zero-order chi connectivity index (χ0) is 13.1. The van der Waals surface area contributed by atoms with E-state index in [1.54, 1.807) is 12.1 Å². The molecule has 1 amide bonds. The van der Waals surface area contributed by atoms with Crippen molar-refractivity contribution >= 4 is 23.3 Å². The van der Waals surface area contributed by atoms with Gasteiger partial charge in [0.2, 0.25) is 0 Å². The molecule has 0 aliphatic rings. The van der Waals surface area contributed by atoms with Gasteiger partial charge in [0.05, 0.1) is 16.8 Å². The van der Waals surface area contributed by atoms with Crippen LogP contribution in [0, 0.1) is 12.7 Å². The van der Waals surface area contributed by atoms with Crippen LogP contribution in [0.15, 0.2) is 36.5 Å². The first-order valence-electron chi connectivity index (χ1n) is 5.25. The smallest absolute Gasteiger partial charge is 0.258 e. The molecule has 0 bridgehead atoms. The van der Waals surface area contributed by atoms with Crippen molar-refractivity contribution in [2.24, 2.45) is 0 Å². The van der Waals surface area contributed by atoms with Crippen LogP contribution < -0.4 is 5.32 Å². The molecular formula is C13H10ClFN2O. The van der Waals surface area contributed by atoms with E-state index in [1.807, 2.05) is 13.0 Å². The molecule has 3 nitrogen and oxygen atoms in total. The number of rotatable bonds is 2. The van der Waals surface area contributed by atoms with Crippen molar-refractivity contribution in [3.8, 4) is 0 Å². The van der Waals surface area contributed by atoms with Gasteiger partial charge in [-0.15, -0.1) is 0 Å². The fourth-order valence-electron chi connectivity index (χ4n) is 1.45. The van der Waals surface area contributed by atoms with Crippen LogP contribution in [0.3, 0.4) is 0 Å². The number of nitrogens with one attached hydrogen (secondary N) is 1. The van der Waals surface area contributed by atoms with Crippen LogP contribution in [0.4, 0.5) is 10.2 Å². The SMILES string of the molecule is Cc1ccc(Cl)c(C(=O)Nc2ccc(F)cn2)c1. The number of nitrogens with zero attached hydrogens (tertiary/aromatic N) is 1. The maximum absolute atomic E-state index is 12.7. The number of carbonyl (C=O) groups excluding carboxylic acids is 1. The van der Waals surface area contributed by atoms with Crippen LogP contribution in [-0.4, -0.2) is 10.9 Å². The number of aryl methyl sites for hydroxylation is 1. The third-order valence-electron chi connectivity index (χ3n) is 2.34. The summed E-state index contributed by atoms with van der Waals surface area (Å²) < 4.78 is 12.7. The lowest BCUT2D eigenvalue weighted by Crippen LogP contribution is -2.13. The standard InChI is InChI=1S/C13H10ClFN2O/c1-8-2-4-11(14)10(6-8)13(18)17-12-5-3-9(15)7-16-12/h2-7H,1H3,(H,16,17,18). The van der Waals surface area contributed by atoms with Crippen molar-refractivity contribution in [3.05, 3.63) is 58.5 Å². The van der Waals surface area contributed by atoms with Crippen molar-refractivity contribution in [1.82, 2.24) is 4.98 Å². The molecule has 1 heterocycles. The summed E-state index contributed by atoms with van der Waals surface area (Å²) in [5.74, 6) is -0.552.